The number of carbonyl (C=O) groups excluding carboxylic acids is 1. The van der Waals surface area contributed by atoms with Crippen LogP contribution < -0.4 is 0 Å². The molecule has 122 valence electrons. The molecule has 9 nitrogen and oxygen atoms in total. The van der Waals surface area contributed by atoms with Crippen LogP contribution in [0.4, 0.5) is 0 Å². The molecule has 9 heteroatoms. The van der Waals surface area contributed by atoms with E-state index in [1.165, 1.54) is 0 Å². The van der Waals surface area contributed by atoms with Crippen LogP contribution in [0.3, 0.4) is 0 Å². The second-order valence-corrected chi connectivity index (χ2v) is 5.52. The fraction of sp³-hybridized carbons (Fsp3) is 0.500. The Labute approximate surface area is 131 Å². The van der Waals surface area contributed by atoms with Gasteiger partial charge in [0.05, 0.1) is 24.4 Å². The van der Waals surface area contributed by atoms with Gasteiger partial charge in [0.25, 0.3) is 5.91 Å². The summed E-state index contributed by atoms with van der Waals surface area (Å²) in [6.07, 6.45) is 1.20. The van der Waals surface area contributed by atoms with E-state index in [-0.39, 0.29) is 18.0 Å². The molecule has 0 saturated heterocycles. The lowest BCUT2D eigenvalue weighted by Gasteiger charge is -2.18. The van der Waals surface area contributed by atoms with Crippen LogP contribution in [0.2, 0.25) is 0 Å². The van der Waals surface area contributed by atoms with Crippen molar-refractivity contribution in [1.29, 1.82) is 0 Å². The molecule has 1 amide bonds. The first-order valence-electron chi connectivity index (χ1n) is 7.40. The van der Waals surface area contributed by atoms with Gasteiger partial charge in [0.2, 0.25) is 0 Å². The molecule has 0 bridgehead atoms. The molecular weight excluding hydrogens is 302 g/mol. The van der Waals surface area contributed by atoms with Gasteiger partial charge in [0.15, 0.2) is 5.69 Å². The van der Waals surface area contributed by atoms with Gasteiger partial charge in [-0.15, -0.1) is 0 Å². The number of aliphatic carboxylic acids is 1. The Kier molecular flexibility index (Phi) is 4.09. The van der Waals surface area contributed by atoms with Gasteiger partial charge in [0, 0.05) is 19.5 Å². The molecule has 23 heavy (non-hydrogen) atoms. The zero-order valence-electron chi connectivity index (χ0n) is 12.7. The van der Waals surface area contributed by atoms with Crippen LogP contribution in [0.25, 0.3) is 0 Å². The average molecular weight is 319 g/mol. The molecule has 0 unspecified atom stereocenters. The highest BCUT2D eigenvalue weighted by molar-refractivity contribution is 5.93. The lowest BCUT2D eigenvalue weighted by molar-refractivity contribution is -0.136. The van der Waals surface area contributed by atoms with Gasteiger partial charge in [-0.3, -0.25) is 14.3 Å². The molecule has 0 aliphatic carbocycles. The largest absolute Gasteiger partial charge is 0.481 e. The molecule has 0 radical (unpaired) electrons. The molecule has 1 N–H and O–H groups in total. The normalized spacial score (nSPS) is 14.4. The third kappa shape index (κ3) is 3.22. The predicted octanol–water partition coefficient (Wildman–Crippen LogP) is 0.638. The van der Waals surface area contributed by atoms with Crippen LogP contribution in [0.5, 0.6) is 0 Å². The molecule has 1 aliphatic rings. The van der Waals surface area contributed by atoms with E-state index in [9.17, 15) is 9.59 Å². The molecular formula is C14H17N5O4. The monoisotopic (exact) mass is 319 g/mol. The van der Waals surface area contributed by atoms with E-state index in [1.807, 2.05) is 10.7 Å². The summed E-state index contributed by atoms with van der Waals surface area (Å²) in [5, 5.41) is 20.5. The standard InChI is InChI=1S/C14H17N5O4/c1-9-13(17-23-16-9)14(22)18-5-2-6-19-11(8-18)7-10(15-19)3-4-12(20)21/h7H,2-6,8H2,1H3,(H,20,21). The van der Waals surface area contributed by atoms with Gasteiger partial charge in [-0.05, 0) is 24.6 Å². The lowest BCUT2D eigenvalue weighted by Crippen LogP contribution is -2.31. The first-order valence-corrected chi connectivity index (χ1v) is 7.40. The number of hydrogen-bond donors (Lipinski definition) is 1. The number of carboxylic acid groups (broad SMARTS) is 1. The number of amides is 1. The lowest BCUT2D eigenvalue weighted by atomic mass is 10.2. The highest BCUT2D eigenvalue weighted by Crippen LogP contribution is 2.17. The minimum Gasteiger partial charge on any atom is -0.481 e. The Balaban J connectivity index is 1.76. The van der Waals surface area contributed by atoms with Gasteiger partial charge in [-0.1, -0.05) is 5.16 Å². The Hall–Kier alpha value is -2.71. The van der Waals surface area contributed by atoms with Crippen molar-refractivity contribution >= 4 is 11.9 Å². The van der Waals surface area contributed by atoms with Gasteiger partial charge in [0.1, 0.15) is 5.69 Å². The quantitative estimate of drug-likeness (QED) is 0.879. The van der Waals surface area contributed by atoms with E-state index in [2.05, 4.69) is 20.0 Å². The number of rotatable bonds is 4. The Morgan fingerprint density at radius 3 is 2.87 bits per heavy atom. The van der Waals surface area contributed by atoms with Crippen LogP contribution in [-0.4, -0.2) is 48.5 Å². The third-order valence-electron chi connectivity index (χ3n) is 3.80. The van der Waals surface area contributed by atoms with E-state index >= 15 is 0 Å². The highest BCUT2D eigenvalue weighted by atomic mass is 16.6. The van der Waals surface area contributed by atoms with Crippen molar-refractivity contribution in [3.8, 4) is 0 Å². The van der Waals surface area contributed by atoms with E-state index in [1.54, 1.807) is 11.8 Å². The molecule has 0 atom stereocenters. The summed E-state index contributed by atoms with van der Waals surface area (Å²) in [5.74, 6) is -1.07. The number of hydrogen-bond acceptors (Lipinski definition) is 6. The molecule has 0 spiro atoms. The number of fused-ring (bicyclic) bond motifs is 1. The summed E-state index contributed by atoms with van der Waals surface area (Å²) in [6.45, 7) is 3.38. The average Bonchev–Trinajstić information content (AvgIpc) is 3.05. The summed E-state index contributed by atoms with van der Waals surface area (Å²) in [5.41, 5.74) is 2.32. The molecule has 0 fully saturated rings. The zero-order valence-corrected chi connectivity index (χ0v) is 12.7. The summed E-state index contributed by atoms with van der Waals surface area (Å²) >= 11 is 0. The zero-order chi connectivity index (χ0) is 16.4. The summed E-state index contributed by atoms with van der Waals surface area (Å²) in [4.78, 5) is 24.9. The molecule has 3 heterocycles. The first-order chi connectivity index (χ1) is 11.0. The van der Waals surface area contributed by atoms with Gasteiger partial charge in [-0.25, -0.2) is 4.63 Å². The Bertz CT molecular complexity index is 735. The fourth-order valence-corrected chi connectivity index (χ4v) is 2.63. The summed E-state index contributed by atoms with van der Waals surface area (Å²) in [6, 6.07) is 1.86. The van der Waals surface area contributed by atoms with Crippen LogP contribution in [0, 0.1) is 6.92 Å². The van der Waals surface area contributed by atoms with E-state index in [4.69, 9.17) is 5.11 Å². The van der Waals surface area contributed by atoms with Crippen molar-refractivity contribution < 1.29 is 19.3 Å². The maximum atomic E-state index is 12.5. The van der Waals surface area contributed by atoms with Crippen LogP contribution in [-0.2, 0) is 24.3 Å². The van der Waals surface area contributed by atoms with Crippen molar-refractivity contribution in [1.82, 2.24) is 25.0 Å². The van der Waals surface area contributed by atoms with Gasteiger partial charge in [-0.2, -0.15) is 5.10 Å². The number of aromatic nitrogens is 4. The molecule has 2 aromatic heterocycles. The maximum absolute atomic E-state index is 12.5. The molecule has 1 aliphatic heterocycles. The minimum atomic E-state index is -0.848. The van der Waals surface area contributed by atoms with E-state index in [0.29, 0.717) is 31.7 Å². The number of aryl methyl sites for hydroxylation is 3. The van der Waals surface area contributed by atoms with Crippen molar-refractivity contribution in [2.45, 2.75) is 39.3 Å². The predicted molar refractivity (Wildman–Crippen MR) is 76.6 cm³/mol. The van der Waals surface area contributed by atoms with Crippen molar-refractivity contribution in [2.75, 3.05) is 6.54 Å². The highest BCUT2D eigenvalue weighted by Gasteiger charge is 2.25. The topological polar surface area (TPSA) is 114 Å². The second kappa shape index (κ2) is 6.19. The Morgan fingerprint density at radius 2 is 2.17 bits per heavy atom. The van der Waals surface area contributed by atoms with Crippen molar-refractivity contribution in [2.24, 2.45) is 0 Å². The molecule has 0 aromatic carbocycles. The van der Waals surface area contributed by atoms with Crippen molar-refractivity contribution in [3.63, 3.8) is 0 Å². The number of carbonyl (C=O) groups is 2. The number of nitrogens with zero attached hydrogens (tertiary/aromatic N) is 5. The summed E-state index contributed by atoms with van der Waals surface area (Å²) < 4.78 is 6.44. The van der Waals surface area contributed by atoms with E-state index < -0.39 is 5.97 Å². The minimum absolute atomic E-state index is 0.0445. The first kappa shape index (κ1) is 15.2. The van der Waals surface area contributed by atoms with Gasteiger partial charge < -0.3 is 10.0 Å². The molecule has 3 rings (SSSR count). The van der Waals surface area contributed by atoms with Crippen molar-refractivity contribution in [3.05, 3.63) is 28.8 Å². The smallest absolute Gasteiger partial charge is 0.303 e. The van der Waals surface area contributed by atoms with Crippen LogP contribution >= 0.6 is 0 Å². The third-order valence-corrected chi connectivity index (χ3v) is 3.80. The maximum Gasteiger partial charge on any atom is 0.303 e. The fourth-order valence-electron chi connectivity index (χ4n) is 2.63. The number of carboxylic acids is 1. The van der Waals surface area contributed by atoms with Crippen LogP contribution in [0.15, 0.2) is 10.7 Å². The van der Waals surface area contributed by atoms with Gasteiger partial charge >= 0.3 is 5.97 Å². The van der Waals surface area contributed by atoms with Crippen LogP contribution in [0.1, 0.15) is 40.4 Å². The SMILES string of the molecule is Cc1nonc1C(=O)N1CCCn2nc(CCC(=O)O)cc2C1. The summed E-state index contributed by atoms with van der Waals surface area (Å²) in [7, 11) is 0. The molecule has 2 aromatic rings. The molecule has 0 saturated carbocycles. The second-order valence-electron chi connectivity index (χ2n) is 5.52. The Morgan fingerprint density at radius 1 is 1.35 bits per heavy atom. The van der Waals surface area contributed by atoms with E-state index in [0.717, 1.165) is 17.8 Å².